The highest BCUT2D eigenvalue weighted by atomic mass is 35.5. The Balaban J connectivity index is 1.83. The summed E-state index contributed by atoms with van der Waals surface area (Å²) in [6.07, 6.45) is 1.24. The molecule has 1 fully saturated rings. The van der Waals surface area contributed by atoms with Gasteiger partial charge in [0.15, 0.2) is 5.78 Å². The molecule has 108 valence electrons. The van der Waals surface area contributed by atoms with Crippen molar-refractivity contribution in [3.8, 4) is 0 Å². The first-order valence-corrected chi connectivity index (χ1v) is 7.32. The second-order valence-corrected chi connectivity index (χ2v) is 5.70. The molecule has 0 aliphatic carbocycles. The summed E-state index contributed by atoms with van der Waals surface area (Å²) in [6, 6.07) is 11.7. The van der Waals surface area contributed by atoms with Crippen LogP contribution < -0.4 is 0 Å². The molecule has 1 aliphatic rings. The third-order valence-corrected chi connectivity index (χ3v) is 4.03. The van der Waals surface area contributed by atoms with Crippen LogP contribution in [0.4, 0.5) is 4.39 Å². The van der Waals surface area contributed by atoms with Crippen LogP contribution in [0.3, 0.4) is 0 Å². The Bertz CT molecular complexity index is 682. The molecule has 2 aromatic carbocycles. The van der Waals surface area contributed by atoms with E-state index in [1.165, 1.54) is 18.6 Å². The fraction of sp³-hybridized carbons (Fsp3) is 0.235. The van der Waals surface area contributed by atoms with Crippen LogP contribution in [0, 0.1) is 5.82 Å². The number of rotatable bonds is 4. The predicted octanol–water partition coefficient (Wildman–Crippen LogP) is 3.92. The van der Waals surface area contributed by atoms with Gasteiger partial charge < -0.3 is 0 Å². The van der Waals surface area contributed by atoms with Crippen LogP contribution in [-0.4, -0.2) is 23.8 Å². The lowest BCUT2D eigenvalue weighted by atomic mass is 10.0. The van der Waals surface area contributed by atoms with Crippen LogP contribution in [0.15, 0.2) is 42.5 Å². The third-order valence-electron chi connectivity index (χ3n) is 3.73. The molecule has 0 bridgehead atoms. The summed E-state index contributed by atoms with van der Waals surface area (Å²) in [4.78, 5) is 14.7. The zero-order valence-electron chi connectivity index (χ0n) is 11.5. The maximum absolute atomic E-state index is 13.5. The second kappa shape index (κ2) is 5.96. The molecular formula is C17H15ClFNO. The van der Waals surface area contributed by atoms with Crippen molar-refractivity contribution in [2.45, 2.75) is 13.0 Å². The molecule has 2 aromatic rings. The fourth-order valence-electron chi connectivity index (χ4n) is 2.41. The predicted molar refractivity (Wildman–Crippen MR) is 81.2 cm³/mol. The number of carbonyl (C=O) groups is 1. The molecule has 0 unspecified atom stereocenters. The summed E-state index contributed by atoms with van der Waals surface area (Å²) < 4.78 is 13.5. The fourth-order valence-corrected chi connectivity index (χ4v) is 2.53. The van der Waals surface area contributed by atoms with E-state index in [1.54, 1.807) is 12.1 Å². The minimum atomic E-state index is -0.570. The molecule has 3 rings (SSSR count). The molecular weight excluding hydrogens is 289 g/mol. The van der Waals surface area contributed by atoms with Gasteiger partial charge in [-0.15, -0.1) is 0 Å². The van der Waals surface area contributed by atoms with E-state index in [0.717, 1.165) is 25.2 Å². The quantitative estimate of drug-likeness (QED) is 0.798. The lowest BCUT2D eigenvalue weighted by molar-refractivity contribution is 0.103. The van der Waals surface area contributed by atoms with Crippen molar-refractivity contribution in [1.82, 2.24) is 4.90 Å². The van der Waals surface area contributed by atoms with Crippen molar-refractivity contribution in [2.24, 2.45) is 0 Å². The topological polar surface area (TPSA) is 20.3 Å². The maximum Gasteiger partial charge on any atom is 0.193 e. The minimum Gasteiger partial charge on any atom is -0.299 e. The first kappa shape index (κ1) is 14.2. The summed E-state index contributed by atoms with van der Waals surface area (Å²) in [5, 5.41) is 0.0260. The van der Waals surface area contributed by atoms with Crippen molar-refractivity contribution in [3.63, 3.8) is 0 Å². The highest BCUT2D eigenvalue weighted by molar-refractivity contribution is 6.30. The van der Waals surface area contributed by atoms with Crippen LogP contribution in [0.5, 0.6) is 0 Å². The zero-order chi connectivity index (χ0) is 14.8. The first-order chi connectivity index (χ1) is 10.1. The third kappa shape index (κ3) is 3.14. The van der Waals surface area contributed by atoms with Crippen LogP contribution >= 0.6 is 11.6 Å². The molecule has 0 saturated carbocycles. The SMILES string of the molecule is O=C(c1cccc(CN2CCC2)c1)c1ccc(Cl)c(F)c1. The van der Waals surface area contributed by atoms with Gasteiger partial charge in [-0.05, 0) is 49.3 Å². The average Bonchev–Trinajstić information content (AvgIpc) is 2.45. The normalized spacial score (nSPS) is 14.8. The number of hydrogen-bond acceptors (Lipinski definition) is 2. The van der Waals surface area contributed by atoms with Crippen molar-refractivity contribution >= 4 is 17.4 Å². The van der Waals surface area contributed by atoms with Gasteiger partial charge >= 0.3 is 0 Å². The Kier molecular flexibility index (Phi) is 4.04. The van der Waals surface area contributed by atoms with E-state index < -0.39 is 5.82 Å². The summed E-state index contributed by atoms with van der Waals surface area (Å²) in [7, 11) is 0. The Morgan fingerprint density at radius 1 is 1.14 bits per heavy atom. The van der Waals surface area contributed by atoms with Crippen LogP contribution in [-0.2, 0) is 6.54 Å². The zero-order valence-corrected chi connectivity index (χ0v) is 12.2. The number of benzene rings is 2. The smallest absolute Gasteiger partial charge is 0.193 e. The van der Waals surface area contributed by atoms with Crippen molar-refractivity contribution in [2.75, 3.05) is 13.1 Å². The lowest BCUT2D eigenvalue weighted by Crippen LogP contribution is -2.36. The summed E-state index contributed by atoms with van der Waals surface area (Å²) >= 11 is 5.64. The molecule has 0 amide bonds. The number of nitrogens with zero attached hydrogens (tertiary/aromatic N) is 1. The molecule has 2 nitrogen and oxygen atoms in total. The Hall–Kier alpha value is -1.71. The molecule has 0 aromatic heterocycles. The van der Waals surface area contributed by atoms with Crippen LogP contribution in [0.1, 0.15) is 27.9 Å². The first-order valence-electron chi connectivity index (χ1n) is 6.94. The lowest BCUT2D eigenvalue weighted by Gasteiger charge is -2.30. The van der Waals surface area contributed by atoms with Gasteiger partial charge in [-0.3, -0.25) is 9.69 Å². The van der Waals surface area contributed by atoms with Gasteiger partial charge in [0, 0.05) is 17.7 Å². The number of halogens is 2. The Labute approximate surface area is 128 Å². The largest absolute Gasteiger partial charge is 0.299 e. The van der Waals surface area contributed by atoms with Crippen molar-refractivity contribution < 1.29 is 9.18 Å². The van der Waals surface area contributed by atoms with E-state index in [2.05, 4.69) is 4.90 Å². The monoisotopic (exact) mass is 303 g/mol. The standard InChI is InChI=1S/C17H15ClFNO/c18-15-6-5-14(10-16(15)19)17(21)13-4-1-3-12(9-13)11-20-7-2-8-20/h1,3-6,9-10H,2,7-8,11H2. The van der Waals surface area contributed by atoms with E-state index in [0.29, 0.717) is 11.1 Å². The molecule has 0 spiro atoms. The van der Waals surface area contributed by atoms with Gasteiger partial charge in [-0.1, -0.05) is 29.8 Å². The molecule has 1 aliphatic heterocycles. The summed E-state index contributed by atoms with van der Waals surface area (Å²) in [5.41, 5.74) is 2.00. The van der Waals surface area contributed by atoms with E-state index in [9.17, 15) is 9.18 Å². The molecule has 1 saturated heterocycles. The van der Waals surface area contributed by atoms with Gasteiger partial charge in [0.25, 0.3) is 0 Å². The number of ketones is 1. The van der Waals surface area contributed by atoms with Gasteiger partial charge in [0.1, 0.15) is 5.82 Å². The van der Waals surface area contributed by atoms with Crippen molar-refractivity contribution in [1.29, 1.82) is 0 Å². The number of hydrogen-bond donors (Lipinski definition) is 0. The molecule has 21 heavy (non-hydrogen) atoms. The van der Waals surface area contributed by atoms with Gasteiger partial charge in [-0.25, -0.2) is 4.39 Å². The molecule has 0 atom stereocenters. The second-order valence-electron chi connectivity index (χ2n) is 5.29. The van der Waals surface area contributed by atoms with Crippen LogP contribution in [0.2, 0.25) is 5.02 Å². The number of likely N-dealkylation sites (tertiary alicyclic amines) is 1. The van der Waals surface area contributed by atoms with E-state index in [4.69, 9.17) is 11.6 Å². The average molecular weight is 304 g/mol. The molecule has 0 radical (unpaired) electrons. The van der Waals surface area contributed by atoms with Gasteiger partial charge in [0.2, 0.25) is 0 Å². The highest BCUT2D eigenvalue weighted by Crippen LogP contribution is 2.19. The van der Waals surface area contributed by atoms with Gasteiger partial charge in [0.05, 0.1) is 5.02 Å². The molecule has 0 N–H and O–H groups in total. The minimum absolute atomic E-state index is 0.0260. The van der Waals surface area contributed by atoms with E-state index in [-0.39, 0.29) is 10.8 Å². The highest BCUT2D eigenvalue weighted by Gasteiger charge is 2.15. The van der Waals surface area contributed by atoms with E-state index >= 15 is 0 Å². The van der Waals surface area contributed by atoms with Crippen molar-refractivity contribution in [3.05, 3.63) is 70.0 Å². The number of carbonyl (C=O) groups excluding carboxylic acids is 1. The Morgan fingerprint density at radius 2 is 1.90 bits per heavy atom. The Morgan fingerprint density at radius 3 is 2.57 bits per heavy atom. The van der Waals surface area contributed by atoms with E-state index in [1.807, 2.05) is 18.2 Å². The maximum atomic E-state index is 13.5. The summed E-state index contributed by atoms with van der Waals surface area (Å²) in [6.45, 7) is 3.08. The molecule has 4 heteroatoms. The van der Waals surface area contributed by atoms with Gasteiger partial charge in [-0.2, -0.15) is 0 Å². The van der Waals surface area contributed by atoms with Crippen LogP contribution in [0.25, 0.3) is 0 Å². The molecule has 1 heterocycles. The summed E-state index contributed by atoms with van der Waals surface area (Å²) in [5.74, 6) is -0.754.